The Morgan fingerprint density at radius 2 is 2.32 bits per heavy atom. The molecule has 0 spiro atoms. The van der Waals surface area contributed by atoms with Crippen LogP contribution in [0.1, 0.15) is 23.2 Å². The standard InChI is InChI=1S/C13H16BrFN2O.ClH/c14-11-6-10(3-4-12(11)15)13(18)17-8-9-2-1-5-16-7-9;/h3-4,6,9,16H,1-2,5,7-8H2,(H,17,18);1H. The SMILES string of the molecule is Cl.O=C(NCC1CCCNC1)c1ccc(F)c(Br)c1. The largest absolute Gasteiger partial charge is 0.352 e. The molecule has 1 saturated heterocycles. The third-order valence-corrected chi connectivity index (χ3v) is 3.74. The summed E-state index contributed by atoms with van der Waals surface area (Å²) < 4.78 is 13.4. The Bertz CT molecular complexity index is 439. The number of amides is 1. The second-order valence-electron chi connectivity index (χ2n) is 4.55. The molecule has 1 aromatic rings. The van der Waals surface area contributed by atoms with Crippen molar-refractivity contribution in [2.45, 2.75) is 12.8 Å². The number of rotatable bonds is 3. The smallest absolute Gasteiger partial charge is 0.251 e. The van der Waals surface area contributed by atoms with E-state index in [2.05, 4.69) is 26.6 Å². The molecule has 0 radical (unpaired) electrons. The van der Waals surface area contributed by atoms with E-state index in [0.29, 0.717) is 22.5 Å². The highest BCUT2D eigenvalue weighted by atomic mass is 79.9. The van der Waals surface area contributed by atoms with E-state index < -0.39 is 0 Å². The Kier molecular flexibility index (Phi) is 6.75. The normalized spacial score (nSPS) is 18.5. The first kappa shape index (κ1) is 16.4. The molecule has 0 aliphatic carbocycles. The maximum atomic E-state index is 13.1. The average Bonchev–Trinajstić information content (AvgIpc) is 2.40. The Hall–Kier alpha value is -0.650. The fraction of sp³-hybridized carbons (Fsp3) is 0.462. The molecular formula is C13H17BrClFN2O. The predicted octanol–water partition coefficient (Wildman–Crippen LogP) is 2.74. The molecule has 6 heteroatoms. The van der Waals surface area contributed by atoms with Gasteiger partial charge in [0.2, 0.25) is 0 Å². The van der Waals surface area contributed by atoms with Crippen molar-refractivity contribution in [1.82, 2.24) is 10.6 Å². The lowest BCUT2D eigenvalue weighted by Crippen LogP contribution is -2.38. The van der Waals surface area contributed by atoms with E-state index in [0.717, 1.165) is 25.9 Å². The van der Waals surface area contributed by atoms with Crippen molar-refractivity contribution in [3.8, 4) is 0 Å². The monoisotopic (exact) mass is 350 g/mol. The number of halogens is 3. The zero-order chi connectivity index (χ0) is 13.0. The van der Waals surface area contributed by atoms with Crippen LogP contribution in [0.15, 0.2) is 22.7 Å². The topological polar surface area (TPSA) is 41.1 Å². The summed E-state index contributed by atoms with van der Waals surface area (Å²) in [6, 6.07) is 4.29. The number of hydrogen-bond acceptors (Lipinski definition) is 2. The molecule has 1 fully saturated rings. The molecule has 1 heterocycles. The molecule has 1 atom stereocenters. The number of hydrogen-bond donors (Lipinski definition) is 2. The van der Waals surface area contributed by atoms with E-state index in [-0.39, 0.29) is 24.1 Å². The van der Waals surface area contributed by atoms with Crippen LogP contribution in [-0.4, -0.2) is 25.5 Å². The summed E-state index contributed by atoms with van der Waals surface area (Å²) in [6.07, 6.45) is 2.29. The highest BCUT2D eigenvalue weighted by molar-refractivity contribution is 9.10. The summed E-state index contributed by atoms with van der Waals surface area (Å²) in [5, 5.41) is 6.20. The number of benzene rings is 1. The molecule has 1 aromatic carbocycles. The molecule has 1 amide bonds. The first-order chi connectivity index (χ1) is 8.66. The van der Waals surface area contributed by atoms with Gasteiger partial charge in [0.25, 0.3) is 5.91 Å². The number of nitrogens with one attached hydrogen (secondary N) is 2. The quantitative estimate of drug-likeness (QED) is 0.879. The van der Waals surface area contributed by atoms with Gasteiger partial charge in [-0.05, 0) is 66.0 Å². The van der Waals surface area contributed by atoms with Gasteiger partial charge in [0, 0.05) is 12.1 Å². The van der Waals surface area contributed by atoms with Crippen LogP contribution in [0.5, 0.6) is 0 Å². The van der Waals surface area contributed by atoms with Crippen molar-refractivity contribution in [2.75, 3.05) is 19.6 Å². The van der Waals surface area contributed by atoms with Gasteiger partial charge < -0.3 is 10.6 Å². The van der Waals surface area contributed by atoms with Gasteiger partial charge >= 0.3 is 0 Å². The lowest BCUT2D eigenvalue weighted by molar-refractivity contribution is 0.0944. The van der Waals surface area contributed by atoms with Gasteiger partial charge in [-0.2, -0.15) is 0 Å². The molecule has 1 aliphatic heterocycles. The van der Waals surface area contributed by atoms with Crippen LogP contribution in [0.2, 0.25) is 0 Å². The molecule has 2 rings (SSSR count). The number of piperidine rings is 1. The Balaban J connectivity index is 0.00000180. The van der Waals surface area contributed by atoms with E-state index in [4.69, 9.17) is 0 Å². The van der Waals surface area contributed by atoms with Crippen LogP contribution < -0.4 is 10.6 Å². The maximum Gasteiger partial charge on any atom is 0.251 e. The average molecular weight is 352 g/mol. The van der Waals surface area contributed by atoms with Crippen molar-refractivity contribution < 1.29 is 9.18 Å². The van der Waals surface area contributed by atoms with Crippen LogP contribution in [0.4, 0.5) is 4.39 Å². The third-order valence-electron chi connectivity index (χ3n) is 3.13. The molecule has 0 saturated carbocycles. The second kappa shape index (κ2) is 7.82. The highest BCUT2D eigenvalue weighted by Gasteiger charge is 2.15. The minimum absolute atomic E-state index is 0. The molecule has 1 unspecified atom stereocenters. The second-order valence-corrected chi connectivity index (χ2v) is 5.41. The van der Waals surface area contributed by atoms with E-state index in [1.165, 1.54) is 18.2 Å². The zero-order valence-electron chi connectivity index (χ0n) is 10.4. The molecule has 2 N–H and O–H groups in total. The molecule has 3 nitrogen and oxygen atoms in total. The number of carbonyl (C=O) groups excluding carboxylic acids is 1. The van der Waals surface area contributed by atoms with Crippen molar-refractivity contribution in [3.05, 3.63) is 34.1 Å². The predicted molar refractivity (Wildman–Crippen MR) is 79.3 cm³/mol. The van der Waals surface area contributed by atoms with Gasteiger partial charge in [-0.25, -0.2) is 4.39 Å². The van der Waals surface area contributed by atoms with E-state index >= 15 is 0 Å². The summed E-state index contributed by atoms with van der Waals surface area (Å²) in [5.74, 6) is -0.0177. The lowest BCUT2D eigenvalue weighted by Gasteiger charge is -2.22. The van der Waals surface area contributed by atoms with Crippen molar-refractivity contribution in [2.24, 2.45) is 5.92 Å². The Labute approximate surface area is 126 Å². The summed E-state index contributed by atoms with van der Waals surface area (Å²) >= 11 is 3.08. The van der Waals surface area contributed by atoms with Crippen LogP contribution >= 0.6 is 28.3 Å². The Morgan fingerprint density at radius 1 is 1.53 bits per heavy atom. The summed E-state index contributed by atoms with van der Waals surface area (Å²) in [7, 11) is 0. The van der Waals surface area contributed by atoms with Gasteiger partial charge in [-0.3, -0.25) is 4.79 Å². The van der Waals surface area contributed by atoms with E-state index in [9.17, 15) is 9.18 Å². The van der Waals surface area contributed by atoms with Crippen molar-refractivity contribution >= 4 is 34.2 Å². The van der Waals surface area contributed by atoms with Gasteiger partial charge in [0.15, 0.2) is 0 Å². The van der Waals surface area contributed by atoms with Crippen LogP contribution in [-0.2, 0) is 0 Å². The van der Waals surface area contributed by atoms with Gasteiger partial charge in [-0.15, -0.1) is 12.4 Å². The third kappa shape index (κ3) is 4.75. The van der Waals surface area contributed by atoms with Crippen molar-refractivity contribution in [1.29, 1.82) is 0 Å². The summed E-state index contributed by atoms with van der Waals surface area (Å²) in [5.41, 5.74) is 0.479. The fourth-order valence-electron chi connectivity index (χ4n) is 2.07. The minimum Gasteiger partial charge on any atom is -0.352 e. The number of carbonyl (C=O) groups is 1. The molecule has 0 aromatic heterocycles. The zero-order valence-corrected chi connectivity index (χ0v) is 12.8. The Morgan fingerprint density at radius 3 is 2.95 bits per heavy atom. The van der Waals surface area contributed by atoms with Gasteiger partial charge in [-0.1, -0.05) is 0 Å². The lowest BCUT2D eigenvalue weighted by atomic mass is 10.00. The van der Waals surface area contributed by atoms with Gasteiger partial charge in [0.05, 0.1) is 4.47 Å². The maximum absolute atomic E-state index is 13.1. The van der Waals surface area contributed by atoms with Crippen LogP contribution in [0.25, 0.3) is 0 Å². The fourth-order valence-corrected chi connectivity index (χ4v) is 2.45. The highest BCUT2D eigenvalue weighted by Crippen LogP contribution is 2.17. The molecule has 1 aliphatic rings. The minimum atomic E-state index is -0.358. The molecular weight excluding hydrogens is 335 g/mol. The summed E-state index contributed by atoms with van der Waals surface area (Å²) in [4.78, 5) is 11.9. The molecule has 19 heavy (non-hydrogen) atoms. The molecule has 106 valence electrons. The van der Waals surface area contributed by atoms with E-state index in [1.54, 1.807) is 0 Å². The molecule has 0 bridgehead atoms. The van der Waals surface area contributed by atoms with Gasteiger partial charge in [0.1, 0.15) is 5.82 Å². The van der Waals surface area contributed by atoms with Crippen LogP contribution in [0, 0.1) is 11.7 Å². The first-order valence-corrected chi connectivity index (χ1v) is 6.90. The van der Waals surface area contributed by atoms with Crippen LogP contribution in [0.3, 0.4) is 0 Å². The van der Waals surface area contributed by atoms with E-state index in [1.807, 2.05) is 0 Å². The van der Waals surface area contributed by atoms with Crippen molar-refractivity contribution in [3.63, 3.8) is 0 Å². The summed E-state index contributed by atoms with van der Waals surface area (Å²) in [6.45, 7) is 2.68. The first-order valence-electron chi connectivity index (χ1n) is 6.11.